The van der Waals surface area contributed by atoms with Crippen LogP contribution in [0.1, 0.15) is 23.1 Å². The fourth-order valence-corrected chi connectivity index (χ4v) is 2.27. The number of hydrogen-bond donors (Lipinski definition) is 3. The third-order valence-corrected chi connectivity index (χ3v) is 3.66. The van der Waals surface area contributed by atoms with Gasteiger partial charge in [0.1, 0.15) is 12.4 Å². The zero-order valence-electron chi connectivity index (χ0n) is 13.9. The average molecular weight is 328 g/mol. The highest BCUT2D eigenvalue weighted by Crippen LogP contribution is 2.24. The third kappa shape index (κ3) is 5.59. The minimum Gasteiger partial charge on any atom is -0.487 e. The van der Waals surface area contributed by atoms with E-state index < -0.39 is 0 Å². The number of carbonyl (C=O) groups excluding carboxylic acids is 1. The first-order chi connectivity index (χ1) is 11.6. The number of aliphatic hydroxyl groups is 1. The van der Waals surface area contributed by atoms with E-state index in [2.05, 4.69) is 5.32 Å². The maximum atomic E-state index is 11.5. The summed E-state index contributed by atoms with van der Waals surface area (Å²) < 4.78 is 5.76. The number of aliphatic hydroxyl groups excluding tert-OH is 1. The largest absolute Gasteiger partial charge is 0.487 e. The second-order valence-corrected chi connectivity index (χ2v) is 5.72. The van der Waals surface area contributed by atoms with Crippen molar-refractivity contribution in [3.05, 3.63) is 59.2 Å². The van der Waals surface area contributed by atoms with E-state index in [4.69, 9.17) is 15.6 Å². The molecule has 0 bridgehead atoms. The van der Waals surface area contributed by atoms with Gasteiger partial charge >= 0.3 is 0 Å². The molecular formula is C19H24N2O3. The van der Waals surface area contributed by atoms with Gasteiger partial charge in [-0.2, -0.15) is 0 Å². The highest BCUT2D eigenvalue weighted by molar-refractivity contribution is 5.76. The molecule has 0 fully saturated rings. The van der Waals surface area contributed by atoms with E-state index in [9.17, 15) is 4.79 Å². The van der Waals surface area contributed by atoms with Gasteiger partial charge < -0.3 is 20.9 Å². The summed E-state index contributed by atoms with van der Waals surface area (Å²) in [5.74, 6) is 0.561. The van der Waals surface area contributed by atoms with Crippen LogP contribution < -0.4 is 15.8 Å². The number of benzene rings is 2. The van der Waals surface area contributed by atoms with Gasteiger partial charge in [0.2, 0.25) is 5.91 Å². The molecule has 0 aliphatic rings. The Hall–Kier alpha value is -2.53. The van der Waals surface area contributed by atoms with E-state index in [1.54, 1.807) is 0 Å². The molecule has 0 saturated carbocycles. The lowest BCUT2D eigenvalue weighted by atomic mass is 10.1. The number of nitrogens with two attached hydrogens (primary N) is 1. The molecule has 2 rings (SSSR count). The number of amides is 1. The van der Waals surface area contributed by atoms with Crippen molar-refractivity contribution < 1.29 is 14.6 Å². The molecule has 0 aliphatic carbocycles. The Labute approximate surface area is 142 Å². The Kier molecular flexibility index (Phi) is 6.63. The van der Waals surface area contributed by atoms with Crippen LogP contribution in [0, 0.1) is 6.92 Å². The summed E-state index contributed by atoms with van der Waals surface area (Å²) in [6.45, 7) is 2.75. The molecule has 4 N–H and O–H groups in total. The first-order valence-corrected chi connectivity index (χ1v) is 8.03. The second-order valence-electron chi connectivity index (χ2n) is 5.72. The van der Waals surface area contributed by atoms with Gasteiger partial charge in [-0.25, -0.2) is 0 Å². The van der Waals surface area contributed by atoms with Crippen LogP contribution in [0.3, 0.4) is 0 Å². The van der Waals surface area contributed by atoms with Crippen LogP contribution in [0.5, 0.6) is 5.75 Å². The van der Waals surface area contributed by atoms with Crippen molar-refractivity contribution in [2.45, 2.75) is 26.4 Å². The smallest absolute Gasteiger partial charge is 0.220 e. The molecular weight excluding hydrogens is 304 g/mol. The molecule has 0 aliphatic heterocycles. The molecule has 0 spiro atoms. The fourth-order valence-electron chi connectivity index (χ4n) is 2.27. The molecule has 0 aromatic heterocycles. The van der Waals surface area contributed by atoms with Crippen molar-refractivity contribution in [3.63, 3.8) is 0 Å². The molecule has 0 atom stereocenters. The van der Waals surface area contributed by atoms with Gasteiger partial charge in [-0.05, 0) is 36.6 Å². The summed E-state index contributed by atoms with van der Waals surface area (Å²) in [6, 6.07) is 13.8. The molecule has 0 heterocycles. The Morgan fingerprint density at radius 2 is 1.88 bits per heavy atom. The SMILES string of the molecule is Cc1ccc(COc2ccc(CCC(=O)NCCO)cc2N)cc1. The standard InChI is InChI=1S/C19H24N2O3/c1-14-2-4-16(5-3-14)13-24-18-8-6-15(12-17(18)20)7-9-19(23)21-10-11-22/h2-6,8,12,22H,7,9-11,13,20H2,1H3,(H,21,23). The maximum absolute atomic E-state index is 11.5. The van der Waals surface area contributed by atoms with Crippen molar-refractivity contribution in [1.29, 1.82) is 0 Å². The number of nitrogen functional groups attached to an aromatic ring is 1. The van der Waals surface area contributed by atoms with Crippen molar-refractivity contribution in [2.75, 3.05) is 18.9 Å². The number of anilines is 1. The highest BCUT2D eigenvalue weighted by Gasteiger charge is 2.06. The summed E-state index contributed by atoms with van der Waals surface area (Å²) in [7, 11) is 0. The maximum Gasteiger partial charge on any atom is 0.220 e. The van der Waals surface area contributed by atoms with Crippen LogP contribution in [0.4, 0.5) is 5.69 Å². The first kappa shape index (κ1) is 17.8. The fraction of sp³-hybridized carbons (Fsp3) is 0.316. The van der Waals surface area contributed by atoms with E-state index >= 15 is 0 Å². The Morgan fingerprint density at radius 3 is 2.54 bits per heavy atom. The number of hydrogen-bond acceptors (Lipinski definition) is 4. The lowest BCUT2D eigenvalue weighted by molar-refractivity contribution is -0.121. The van der Waals surface area contributed by atoms with Crippen molar-refractivity contribution in [1.82, 2.24) is 5.32 Å². The van der Waals surface area contributed by atoms with Crippen LogP contribution in [-0.2, 0) is 17.8 Å². The lowest BCUT2D eigenvalue weighted by Gasteiger charge is -2.11. The van der Waals surface area contributed by atoms with E-state index in [1.165, 1.54) is 5.56 Å². The van der Waals surface area contributed by atoms with Crippen LogP contribution in [0.2, 0.25) is 0 Å². The third-order valence-electron chi connectivity index (χ3n) is 3.66. The minimum absolute atomic E-state index is 0.0499. The monoisotopic (exact) mass is 328 g/mol. The molecule has 5 nitrogen and oxygen atoms in total. The number of rotatable bonds is 8. The van der Waals surface area contributed by atoms with Crippen LogP contribution in [0.25, 0.3) is 0 Å². The number of aryl methyl sites for hydroxylation is 2. The highest BCUT2D eigenvalue weighted by atomic mass is 16.5. The van der Waals surface area contributed by atoms with Crippen LogP contribution >= 0.6 is 0 Å². The Bertz CT molecular complexity index is 669. The predicted octanol–water partition coefficient (Wildman–Crippen LogP) is 2.20. The molecule has 24 heavy (non-hydrogen) atoms. The van der Waals surface area contributed by atoms with Crippen molar-refractivity contribution in [2.24, 2.45) is 0 Å². The molecule has 0 saturated heterocycles. The summed E-state index contributed by atoms with van der Waals surface area (Å²) in [5.41, 5.74) is 9.88. The summed E-state index contributed by atoms with van der Waals surface area (Å²) in [6.07, 6.45) is 0.961. The summed E-state index contributed by atoms with van der Waals surface area (Å²) in [5, 5.41) is 11.3. The van der Waals surface area contributed by atoms with Gasteiger partial charge in [-0.15, -0.1) is 0 Å². The van der Waals surface area contributed by atoms with Crippen LogP contribution in [-0.4, -0.2) is 24.2 Å². The second kappa shape index (κ2) is 8.93. The topological polar surface area (TPSA) is 84.6 Å². The van der Waals surface area contributed by atoms with Gasteiger partial charge in [-0.3, -0.25) is 4.79 Å². The molecule has 5 heteroatoms. The molecule has 0 unspecified atom stereocenters. The molecule has 2 aromatic carbocycles. The van der Waals surface area contributed by atoms with E-state index in [0.717, 1.165) is 11.1 Å². The van der Waals surface area contributed by atoms with Gasteiger partial charge in [0.25, 0.3) is 0 Å². The van der Waals surface area contributed by atoms with Gasteiger partial charge in [-0.1, -0.05) is 35.9 Å². The van der Waals surface area contributed by atoms with Crippen molar-refractivity contribution >= 4 is 11.6 Å². The molecule has 128 valence electrons. The molecule has 2 aromatic rings. The minimum atomic E-state index is -0.0812. The quantitative estimate of drug-likeness (QED) is 0.649. The van der Waals surface area contributed by atoms with Crippen LogP contribution in [0.15, 0.2) is 42.5 Å². The van der Waals surface area contributed by atoms with Gasteiger partial charge in [0.05, 0.1) is 12.3 Å². The summed E-state index contributed by atoms with van der Waals surface area (Å²) >= 11 is 0. The molecule has 1 amide bonds. The average Bonchev–Trinajstić information content (AvgIpc) is 2.58. The normalized spacial score (nSPS) is 10.4. The number of nitrogens with one attached hydrogen (secondary N) is 1. The Balaban J connectivity index is 1.87. The Morgan fingerprint density at radius 1 is 1.17 bits per heavy atom. The predicted molar refractivity (Wildman–Crippen MR) is 94.8 cm³/mol. The van der Waals surface area contributed by atoms with E-state index in [0.29, 0.717) is 30.9 Å². The zero-order valence-corrected chi connectivity index (χ0v) is 13.9. The number of ether oxygens (including phenoxy) is 1. The van der Waals surface area contributed by atoms with E-state index in [1.807, 2.05) is 49.4 Å². The van der Waals surface area contributed by atoms with Gasteiger partial charge in [0, 0.05) is 13.0 Å². The lowest BCUT2D eigenvalue weighted by Crippen LogP contribution is -2.26. The van der Waals surface area contributed by atoms with E-state index in [-0.39, 0.29) is 19.1 Å². The summed E-state index contributed by atoms with van der Waals surface area (Å²) in [4.78, 5) is 11.5. The van der Waals surface area contributed by atoms with Gasteiger partial charge in [0.15, 0.2) is 0 Å². The zero-order chi connectivity index (χ0) is 17.4. The van der Waals surface area contributed by atoms with Crippen molar-refractivity contribution in [3.8, 4) is 5.75 Å². The first-order valence-electron chi connectivity index (χ1n) is 8.03. The molecule has 0 radical (unpaired) electrons. The number of carbonyl (C=O) groups is 1.